The highest BCUT2D eigenvalue weighted by Crippen LogP contribution is 2.39. The van der Waals surface area contributed by atoms with Crippen molar-refractivity contribution >= 4 is 22.5 Å². The number of aromatic amines is 1. The number of ether oxygens (including phenoxy) is 1. The van der Waals surface area contributed by atoms with E-state index < -0.39 is 5.82 Å². The molecule has 3 aromatic heterocycles. The summed E-state index contributed by atoms with van der Waals surface area (Å²) in [5.74, 6) is -0.0520. The van der Waals surface area contributed by atoms with Crippen molar-refractivity contribution in [3.8, 4) is 28.1 Å². The fourth-order valence-corrected chi connectivity index (χ4v) is 2.72. The van der Waals surface area contributed by atoms with Gasteiger partial charge in [-0.2, -0.15) is 5.10 Å². The number of nitrogens with two attached hydrogens (primary N) is 2. The van der Waals surface area contributed by atoms with E-state index in [0.717, 1.165) is 0 Å². The smallest absolute Gasteiger partial charge is 0.196 e. The molecule has 5 N–H and O–H groups in total. The number of hydrogen-bond donors (Lipinski definition) is 3. The second-order valence-corrected chi connectivity index (χ2v) is 5.35. The Morgan fingerprint density at radius 3 is 2.76 bits per heavy atom. The van der Waals surface area contributed by atoms with Crippen LogP contribution >= 0.6 is 0 Å². The number of nitrogens with one attached hydrogen (secondary N) is 1. The van der Waals surface area contributed by atoms with Gasteiger partial charge in [0.25, 0.3) is 0 Å². The molecule has 4 rings (SSSR count). The van der Waals surface area contributed by atoms with Gasteiger partial charge in [0.2, 0.25) is 0 Å². The number of H-pyrrole nitrogens is 1. The summed E-state index contributed by atoms with van der Waals surface area (Å²) in [6.45, 7) is 0. The van der Waals surface area contributed by atoms with Crippen molar-refractivity contribution < 1.29 is 13.7 Å². The van der Waals surface area contributed by atoms with Crippen LogP contribution in [0.2, 0.25) is 0 Å². The van der Waals surface area contributed by atoms with Gasteiger partial charge in [-0.15, -0.1) is 0 Å². The number of halogens is 1. The molecule has 3 heterocycles. The molecule has 0 saturated carbocycles. The van der Waals surface area contributed by atoms with Gasteiger partial charge in [-0.1, -0.05) is 5.16 Å². The minimum atomic E-state index is -0.530. The molecule has 0 bridgehead atoms. The summed E-state index contributed by atoms with van der Waals surface area (Å²) >= 11 is 0. The molecule has 0 amide bonds. The second-order valence-electron chi connectivity index (χ2n) is 5.35. The molecule has 0 aliphatic heterocycles. The van der Waals surface area contributed by atoms with Gasteiger partial charge in [-0.3, -0.25) is 10.1 Å². The number of aromatic nitrogens is 4. The third kappa shape index (κ3) is 2.24. The summed E-state index contributed by atoms with van der Waals surface area (Å²) in [6.07, 6.45) is 4.76. The maximum Gasteiger partial charge on any atom is 0.196 e. The largest absolute Gasteiger partial charge is 0.495 e. The molecule has 0 radical (unpaired) electrons. The van der Waals surface area contributed by atoms with Gasteiger partial charge >= 0.3 is 0 Å². The zero-order chi connectivity index (χ0) is 17.6. The summed E-state index contributed by atoms with van der Waals surface area (Å²) in [4.78, 5) is 4.37. The van der Waals surface area contributed by atoms with Crippen molar-refractivity contribution in [3.63, 3.8) is 0 Å². The number of benzene rings is 1. The Morgan fingerprint density at radius 1 is 1.20 bits per heavy atom. The molecule has 25 heavy (non-hydrogen) atoms. The van der Waals surface area contributed by atoms with Crippen molar-refractivity contribution in [2.75, 3.05) is 18.6 Å². The fourth-order valence-electron chi connectivity index (χ4n) is 2.72. The average molecular weight is 340 g/mol. The van der Waals surface area contributed by atoms with Crippen LogP contribution in [-0.4, -0.2) is 27.4 Å². The molecule has 0 unspecified atom stereocenters. The number of hydrogen-bond acceptors (Lipinski definition) is 7. The number of pyridine rings is 1. The van der Waals surface area contributed by atoms with E-state index in [1.54, 1.807) is 12.4 Å². The van der Waals surface area contributed by atoms with Crippen LogP contribution in [0, 0.1) is 5.82 Å². The summed E-state index contributed by atoms with van der Waals surface area (Å²) in [7, 11) is 1.46. The third-order valence-corrected chi connectivity index (χ3v) is 3.91. The van der Waals surface area contributed by atoms with E-state index in [-0.39, 0.29) is 17.1 Å². The van der Waals surface area contributed by atoms with E-state index in [1.807, 2.05) is 0 Å². The molecule has 0 aliphatic rings. The zero-order valence-electron chi connectivity index (χ0n) is 13.1. The molecule has 0 aliphatic carbocycles. The molecule has 126 valence electrons. The number of methoxy groups -OCH3 is 1. The summed E-state index contributed by atoms with van der Waals surface area (Å²) in [5.41, 5.74) is 14.1. The lowest BCUT2D eigenvalue weighted by Crippen LogP contribution is -1.97. The van der Waals surface area contributed by atoms with Crippen molar-refractivity contribution in [1.82, 2.24) is 20.3 Å². The lowest BCUT2D eigenvalue weighted by Gasteiger charge is -2.10. The molecular weight excluding hydrogens is 327 g/mol. The van der Waals surface area contributed by atoms with Crippen LogP contribution in [0.25, 0.3) is 33.4 Å². The standard InChI is InChI=1S/C16H13FN6O2/c1-24-12-2-8(10(17)3-11(12)18)9-6-20-14(7-4-21-22-5-7)15-13(9)16(19)23-25-15/h2-6H,18H2,1H3,(H2,19,23)(H,21,22). The maximum absolute atomic E-state index is 14.5. The molecule has 1 aromatic carbocycles. The average Bonchev–Trinajstić information content (AvgIpc) is 3.25. The lowest BCUT2D eigenvalue weighted by atomic mass is 10.0. The lowest BCUT2D eigenvalue weighted by molar-refractivity contribution is 0.416. The molecule has 0 atom stereocenters. The number of rotatable bonds is 3. The minimum Gasteiger partial charge on any atom is -0.495 e. The summed E-state index contributed by atoms with van der Waals surface area (Å²) in [6, 6.07) is 2.68. The van der Waals surface area contributed by atoms with E-state index in [9.17, 15) is 4.39 Å². The highest BCUT2D eigenvalue weighted by atomic mass is 19.1. The Hall–Kier alpha value is -3.62. The number of fused-ring (bicyclic) bond motifs is 1. The van der Waals surface area contributed by atoms with Gasteiger partial charge in [0.1, 0.15) is 17.3 Å². The summed E-state index contributed by atoms with van der Waals surface area (Å²) in [5, 5.41) is 10.8. The van der Waals surface area contributed by atoms with Crippen LogP contribution in [-0.2, 0) is 0 Å². The molecule has 8 nitrogen and oxygen atoms in total. The van der Waals surface area contributed by atoms with Gasteiger partial charge in [0.05, 0.1) is 24.4 Å². The van der Waals surface area contributed by atoms with E-state index in [4.69, 9.17) is 20.7 Å². The number of nitrogens with zero attached hydrogens (tertiary/aromatic N) is 3. The van der Waals surface area contributed by atoms with Crippen molar-refractivity contribution in [1.29, 1.82) is 0 Å². The van der Waals surface area contributed by atoms with Crippen LogP contribution in [0.15, 0.2) is 35.2 Å². The molecule has 0 fully saturated rings. The first-order chi connectivity index (χ1) is 12.1. The van der Waals surface area contributed by atoms with Gasteiger partial charge in [0, 0.05) is 35.2 Å². The Balaban J connectivity index is 2.02. The first-order valence-corrected chi connectivity index (χ1v) is 7.26. The van der Waals surface area contributed by atoms with Crippen molar-refractivity contribution in [2.24, 2.45) is 0 Å². The van der Waals surface area contributed by atoms with Crippen molar-refractivity contribution in [2.45, 2.75) is 0 Å². The zero-order valence-corrected chi connectivity index (χ0v) is 13.1. The Morgan fingerprint density at radius 2 is 2.04 bits per heavy atom. The van der Waals surface area contributed by atoms with Crippen LogP contribution in [0.1, 0.15) is 0 Å². The Kier molecular flexibility index (Phi) is 3.27. The van der Waals surface area contributed by atoms with Crippen molar-refractivity contribution in [3.05, 3.63) is 36.5 Å². The SMILES string of the molecule is COc1cc(-c2cnc(-c3cn[nH]c3)c3onc(N)c23)c(F)cc1N. The third-order valence-electron chi connectivity index (χ3n) is 3.91. The Bertz CT molecular complexity index is 1070. The number of anilines is 2. The monoisotopic (exact) mass is 340 g/mol. The normalized spacial score (nSPS) is 11.1. The van der Waals surface area contributed by atoms with Crippen LogP contribution in [0.3, 0.4) is 0 Å². The highest BCUT2D eigenvalue weighted by Gasteiger charge is 2.21. The maximum atomic E-state index is 14.5. The van der Waals surface area contributed by atoms with Gasteiger partial charge < -0.3 is 20.7 Å². The summed E-state index contributed by atoms with van der Waals surface area (Å²) < 4.78 is 25.0. The van der Waals surface area contributed by atoms with Crippen LogP contribution < -0.4 is 16.2 Å². The predicted molar refractivity (Wildman–Crippen MR) is 90.2 cm³/mol. The van der Waals surface area contributed by atoms with E-state index in [2.05, 4.69) is 20.3 Å². The number of nitrogen functional groups attached to an aromatic ring is 2. The van der Waals surface area contributed by atoms with Gasteiger partial charge in [-0.25, -0.2) is 4.39 Å². The highest BCUT2D eigenvalue weighted by molar-refractivity contribution is 6.05. The van der Waals surface area contributed by atoms with E-state index in [0.29, 0.717) is 33.5 Å². The van der Waals surface area contributed by atoms with Crippen LogP contribution in [0.5, 0.6) is 5.75 Å². The van der Waals surface area contributed by atoms with E-state index >= 15 is 0 Å². The van der Waals surface area contributed by atoms with Crippen LogP contribution in [0.4, 0.5) is 15.9 Å². The van der Waals surface area contributed by atoms with Gasteiger partial charge in [-0.05, 0) is 6.07 Å². The molecular formula is C16H13FN6O2. The second kappa shape index (κ2) is 5.48. The first-order valence-electron chi connectivity index (χ1n) is 7.26. The fraction of sp³-hybridized carbons (Fsp3) is 0.0625. The first kappa shape index (κ1) is 14.9. The van der Waals surface area contributed by atoms with Gasteiger partial charge in [0.15, 0.2) is 11.4 Å². The Labute approximate surface area is 140 Å². The molecule has 9 heteroatoms. The predicted octanol–water partition coefficient (Wildman–Crippen LogP) is 2.59. The van der Waals surface area contributed by atoms with E-state index in [1.165, 1.54) is 25.4 Å². The quantitative estimate of drug-likeness (QED) is 0.489. The minimum absolute atomic E-state index is 0.132. The molecule has 0 spiro atoms. The molecule has 4 aromatic rings. The topological polar surface area (TPSA) is 129 Å². The molecule has 0 saturated heterocycles.